The molecular formula is C22H27BrN2O3. The van der Waals surface area contributed by atoms with Gasteiger partial charge in [0, 0.05) is 5.56 Å². The van der Waals surface area contributed by atoms with Crippen molar-refractivity contribution in [2.75, 3.05) is 13.7 Å². The predicted octanol–water partition coefficient (Wildman–Crippen LogP) is 5.57. The number of halogens is 1. The topological polar surface area (TPSA) is 59.9 Å². The maximum atomic E-state index is 12.1. The van der Waals surface area contributed by atoms with Crippen molar-refractivity contribution in [3.63, 3.8) is 0 Å². The molecule has 0 aliphatic heterocycles. The average molecular weight is 447 g/mol. The zero-order chi connectivity index (χ0) is 20.2. The molecule has 0 spiro atoms. The van der Waals surface area contributed by atoms with Gasteiger partial charge in [-0.15, -0.1) is 0 Å². The van der Waals surface area contributed by atoms with Crippen molar-refractivity contribution >= 4 is 28.1 Å². The second kappa shape index (κ2) is 12.2. The van der Waals surface area contributed by atoms with Crippen LogP contribution in [0.2, 0.25) is 0 Å². The Balaban J connectivity index is 1.77. The zero-order valence-electron chi connectivity index (χ0n) is 16.4. The van der Waals surface area contributed by atoms with Crippen molar-refractivity contribution in [3.05, 3.63) is 58.1 Å². The van der Waals surface area contributed by atoms with Crippen molar-refractivity contribution in [1.82, 2.24) is 5.43 Å². The van der Waals surface area contributed by atoms with Crippen molar-refractivity contribution < 1.29 is 14.3 Å². The lowest BCUT2D eigenvalue weighted by Crippen LogP contribution is -2.17. The molecule has 1 amide bonds. The highest BCUT2D eigenvalue weighted by atomic mass is 79.9. The first kappa shape index (κ1) is 22.0. The van der Waals surface area contributed by atoms with Gasteiger partial charge in [0.1, 0.15) is 11.5 Å². The van der Waals surface area contributed by atoms with Crippen LogP contribution >= 0.6 is 15.9 Å². The van der Waals surface area contributed by atoms with Gasteiger partial charge in [-0.3, -0.25) is 4.79 Å². The molecule has 2 aromatic carbocycles. The number of unbranched alkanes of at least 4 members (excludes halogenated alkanes) is 4. The summed E-state index contributed by atoms with van der Waals surface area (Å²) >= 11 is 3.37. The maximum Gasteiger partial charge on any atom is 0.271 e. The number of benzene rings is 2. The summed E-state index contributed by atoms with van der Waals surface area (Å²) in [7, 11) is 1.58. The van der Waals surface area contributed by atoms with Crippen LogP contribution in [0, 0.1) is 0 Å². The Bertz CT molecular complexity index is 776. The van der Waals surface area contributed by atoms with Crippen LogP contribution in [0.25, 0.3) is 0 Å². The number of hydrogen-bond acceptors (Lipinski definition) is 4. The van der Waals surface area contributed by atoms with E-state index in [-0.39, 0.29) is 5.91 Å². The molecule has 0 unspecified atom stereocenters. The van der Waals surface area contributed by atoms with Crippen LogP contribution in [0.3, 0.4) is 0 Å². The number of nitrogens with zero attached hydrogens (tertiary/aromatic N) is 1. The molecule has 150 valence electrons. The quantitative estimate of drug-likeness (QED) is 0.278. The lowest BCUT2D eigenvalue weighted by molar-refractivity contribution is 0.0955. The summed E-state index contributed by atoms with van der Waals surface area (Å²) in [5.74, 6) is 1.23. The fraction of sp³-hybridized carbons (Fsp3) is 0.364. The Labute approximate surface area is 175 Å². The number of nitrogens with one attached hydrogen (secondary N) is 1. The highest BCUT2D eigenvalue weighted by Crippen LogP contribution is 2.25. The molecule has 6 heteroatoms. The monoisotopic (exact) mass is 446 g/mol. The lowest BCUT2D eigenvalue weighted by atomic mass is 10.2. The number of hydrazone groups is 1. The number of hydrogen-bond donors (Lipinski definition) is 1. The van der Waals surface area contributed by atoms with Crippen LogP contribution in [0.1, 0.15) is 54.9 Å². The summed E-state index contributed by atoms with van der Waals surface area (Å²) in [6.45, 7) is 2.95. The number of rotatable bonds is 11. The van der Waals surface area contributed by atoms with Gasteiger partial charge in [0.15, 0.2) is 0 Å². The number of methoxy groups -OCH3 is 1. The first-order valence-electron chi connectivity index (χ1n) is 9.54. The van der Waals surface area contributed by atoms with E-state index in [0.717, 1.165) is 24.3 Å². The summed E-state index contributed by atoms with van der Waals surface area (Å²) in [6.07, 6.45) is 7.71. The molecule has 1 N–H and O–H groups in total. The van der Waals surface area contributed by atoms with E-state index < -0.39 is 0 Å². The molecule has 0 radical (unpaired) electrons. The average Bonchev–Trinajstić information content (AvgIpc) is 2.71. The molecule has 28 heavy (non-hydrogen) atoms. The largest absolute Gasteiger partial charge is 0.496 e. The highest BCUT2D eigenvalue weighted by Gasteiger charge is 2.07. The molecular weight excluding hydrogens is 420 g/mol. The Morgan fingerprint density at radius 2 is 1.86 bits per heavy atom. The van der Waals surface area contributed by atoms with Crippen LogP contribution in [0.15, 0.2) is 52.0 Å². The molecule has 0 saturated heterocycles. The van der Waals surface area contributed by atoms with Gasteiger partial charge in [0.2, 0.25) is 0 Å². The Hall–Kier alpha value is -2.34. The van der Waals surface area contributed by atoms with E-state index in [2.05, 4.69) is 33.4 Å². The standard InChI is InChI=1S/C22H27BrN2O3/c1-3-4-5-6-7-14-28-19-11-8-17(9-12-19)16-24-25-22(26)18-10-13-21(27-2)20(23)15-18/h8-13,15-16H,3-7,14H2,1-2H3,(H,25,26)/b24-16+. The molecule has 0 aliphatic rings. The second-order valence-electron chi connectivity index (χ2n) is 6.38. The Kier molecular flexibility index (Phi) is 9.55. The first-order valence-corrected chi connectivity index (χ1v) is 10.3. The fourth-order valence-corrected chi connectivity index (χ4v) is 3.12. The third kappa shape index (κ3) is 7.35. The molecule has 0 bridgehead atoms. The Morgan fingerprint density at radius 3 is 2.54 bits per heavy atom. The summed E-state index contributed by atoms with van der Waals surface area (Å²) < 4.78 is 11.6. The number of carbonyl (C=O) groups excluding carboxylic acids is 1. The van der Waals surface area contributed by atoms with E-state index in [1.807, 2.05) is 24.3 Å². The molecule has 2 aromatic rings. The summed E-state index contributed by atoms with van der Waals surface area (Å²) in [4.78, 5) is 12.1. The van der Waals surface area contributed by atoms with Crippen LogP contribution in [0.4, 0.5) is 0 Å². The van der Waals surface area contributed by atoms with E-state index >= 15 is 0 Å². The molecule has 0 atom stereocenters. The molecule has 0 saturated carbocycles. The first-order chi connectivity index (χ1) is 13.6. The molecule has 0 heterocycles. The van der Waals surface area contributed by atoms with E-state index in [9.17, 15) is 4.79 Å². The SMILES string of the molecule is CCCCCCCOc1ccc(/C=N/NC(=O)c2ccc(OC)c(Br)c2)cc1. The van der Waals surface area contributed by atoms with Crippen LogP contribution in [0.5, 0.6) is 11.5 Å². The van der Waals surface area contributed by atoms with E-state index in [1.54, 1.807) is 31.5 Å². The number of ether oxygens (including phenoxy) is 2. The summed E-state index contributed by atoms with van der Waals surface area (Å²) in [6, 6.07) is 12.7. The molecule has 0 aromatic heterocycles. The molecule has 0 aliphatic carbocycles. The third-order valence-corrected chi connectivity index (χ3v) is 4.81. The van der Waals surface area contributed by atoms with E-state index in [4.69, 9.17) is 9.47 Å². The van der Waals surface area contributed by atoms with Crippen LogP contribution in [-0.4, -0.2) is 25.8 Å². The van der Waals surface area contributed by atoms with Gasteiger partial charge in [-0.1, -0.05) is 32.6 Å². The van der Waals surface area contributed by atoms with Crippen molar-refractivity contribution in [2.45, 2.75) is 39.0 Å². The van der Waals surface area contributed by atoms with Gasteiger partial charge >= 0.3 is 0 Å². The molecule has 0 fully saturated rings. The number of amides is 1. The molecule has 5 nitrogen and oxygen atoms in total. The van der Waals surface area contributed by atoms with Gasteiger partial charge in [-0.05, 0) is 70.4 Å². The smallest absolute Gasteiger partial charge is 0.271 e. The van der Waals surface area contributed by atoms with Crippen molar-refractivity contribution in [2.24, 2.45) is 5.10 Å². The van der Waals surface area contributed by atoms with Gasteiger partial charge in [-0.2, -0.15) is 5.10 Å². The minimum absolute atomic E-state index is 0.289. The van der Waals surface area contributed by atoms with E-state index in [1.165, 1.54) is 25.7 Å². The second-order valence-corrected chi connectivity index (χ2v) is 7.23. The summed E-state index contributed by atoms with van der Waals surface area (Å²) in [5.41, 5.74) is 3.90. The summed E-state index contributed by atoms with van der Waals surface area (Å²) in [5, 5.41) is 4.01. The lowest BCUT2D eigenvalue weighted by Gasteiger charge is -2.06. The minimum atomic E-state index is -0.289. The van der Waals surface area contributed by atoms with Gasteiger partial charge < -0.3 is 9.47 Å². The van der Waals surface area contributed by atoms with Crippen LogP contribution in [-0.2, 0) is 0 Å². The Morgan fingerprint density at radius 1 is 1.11 bits per heavy atom. The fourth-order valence-electron chi connectivity index (χ4n) is 2.58. The van der Waals surface area contributed by atoms with Crippen LogP contribution < -0.4 is 14.9 Å². The van der Waals surface area contributed by atoms with E-state index in [0.29, 0.717) is 15.8 Å². The maximum absolute atomic E-state index is 12.1. The van der Waals surface area contributed by atoms with Gasteiger partial charge in [0.25, 0.3) is 5.91 Å². The minimum Gasteiger partial charge on any atom is -0.496 e. The van der Waals surface area contributed by atoms with Gasteiger partial charge in [-0.25, -0.2) is 5.43 Å². The highest BCUT2D eigenvalue weighted by molar-refractivity contribution is 9.10. The third-order valence-electron chi connectivity index (χ3n) is 4.19. The van der Waals surface area contributed by atoms with Gasteiger partial charge in [0.05, 0.1) is 24.4 Å². The number of carbonyl (C=O) groups is 1. The normalized spacial score (nSPS) is 10.8. The van der Waals surface area contributed by atoms with Crippen molar-refractivity contribution in [1.29, 1.82) is 0 Å². The zero-order valence-corrected chi connectivity index (χ0v) is 18.0. The molecule has 2 rings (SSSR count). The van der Waals surface area contributed by atoms with Crippen molar-refractivity contribution in [3.8, 4) is 11.5 Å². The predicted molar refractivity (Wildman–Crippen MR) is 116 cm³/mol.